The minimum atomic E-state index is -0.567. The number of allylic oxidation sites excluding steroid dienone is 1. The molecule has 168 valence electrons. The van der Waals surface area contributed by atoms with Crippen LogP contribution in [0.4, 0.5) is 0 Å². The lowest BCUT2D eigenvalue weighted by Gasteiger charge is -2.22. The zero-order valence-corrected chi connectivity index (χ0v) is 20.2. The van der Waals surface area contributed by atoms with Crippen LogP contribution in [-0.2, 0) is 4.79 Å². The van der Waals surface area contributed by atoms with Gasteiger partial charge in [-0.1, -0.05) is 17.8 Å². The number of nitrogens with zero attached hydrogens (tertiary/aromatic N) is 2. The van der Waals surface area contributed by atoms with E-state index in [9.17, 15) is 9.59 Å². The van der Waals surface area contributed by atoms with Crippen LogP contribution in [0.5, 0.6) is 17.2 Å². The molecular formula is C23H18BrN3O5S. The fraction of sp³-hybridized carbons (Fsp3) is 0.130. The number of methoxy groups -OCH3 is 2. The Balaban J connectivity index is 1.55. The first-order valence-corrected chi connectivity index (χ1v) is 11.2. The summed E-state index contributed by atoms with van der Waals surface area (Å²) in [5.41, 5.74) is 1.12. The SMILES string of the molecule is COc1ccc(C(=O)Oc2ccc(/C=C3/C(=N)N4C=C(C)SC4=NC3=O)cc2Br)cc1OC. The van der Waals surface area contributed by atoms with Crippen LogP contribution in [0.25, 0.3) is 6.08 Å². The second kappa shape index (κ2) is 9.24. The lowest BCUT2D eigenvalue weighted by molar-refractivity contribution is -0.114. The Morgan fingerprint density at radius 2 is 1.85 bits per heavy atom. The van der Waals surface area contributed by atoms with Crippen molar-refractivity contribution < 1.29 is 23.8 Å². The van der Waals surface area contributed by atoms with Crippen LogP contribution in [0.2, 0.25) is 0 Å². The number of esters is 1. The third kappa shape index (κ3) is 4.57. The van der Waals surface area contributed by atoms with Crippen molar-refractivity contribution in [3.63, 3.8) is 0 Å². The molecule has 0 radical (unpaired) electrons. The molecule has 2 heterocycles. The lowest BCUT2D eigenvalue weighted by atomic mass is 10.1. The van der Waals surface area contributed by atoms with Crippen molar-refractivity contribution in [2.75, 3.05) is 14.2 Å². The van der Waals surface area contributed by atoms with Gasteiger partial charge in [0.05, 0.1) is 29.8 Å². The van der Waals surface area contributed by atoms with Crippen molar-refractivity contribution in [1.29, 1.82) is 5.41 Å². The van der Waals surface area contributed by atoms with E-state index >= 15 is 0 Å². The van der Waals surface area contributed by atoms with E-state index in [-0.39, 0.29) is 11.4 Å². The fourth-order valence-corrected chi connectivity index (χ4v) is 4.47. The Morgan fingerprint density at radius 1 is 1.12 bits per heavy atom. The third-order valence-corrected chi connectivity index (χ3v) is 6.30. The molecule has 0 aromatic heterocycles. The highest BCUT2D eigenvalue weighted by Gasteiger charge is 2.32. The first-order chi connectivity index (χ1) is 15.8. The first-order valence-electron chi connectivity index (χ1n) is 9.63. The monoisotopic (exact) mass is 527 g/mol. The number of halogens is 1. The topological polar surface area (TPSA) is 101 Å². The van der Waals surface area contributed by atoms with E-state index in [1.165, 1.54) is 32.0 Å². The molecule has 4 rings (SSSR count). The highest BCUT2D eigenvalue weighted by atomic mass is 79.9. The summed E-state index contributed by atoms with van der Waals surface area (Å²) in [6.07, 6.45) is 3.36. The van der Waals surface area contributed by atoms with Crippen LogP contribution in [0.15, 0.2) is 62.5 Å². The molecule has 10 heteroatoms. The zero-order valence-electron chi connectivity index (χ0n) is 17.8. The number of fused-ring (bicyclic) bond motifs is 1. The average molecular weight is 528 g/mol. The van der Waals surface area contributed by atoms with E-state index in [0.29, 0.717) is 38.0 Å². The molecule has 0 atom stereocenters. The molecule has 1 N–H and O–H groups in total. The molecule has 8 nitrogen and oxygen atoms in total. The number of amidine groups is 2. The highest BCUT2D eigenvalue weighted by Crippen LogP contribution is 2.34. The number of nitrogens with one attached hydrogen (secondary N) is 1. The summed E-state index contributed by atoms with van der Waals surface area (Å²) in [7, 11) is 3.00. The number of hydrogen-bond donors (Lipinski definition) is 1. The van der Waals surface area contributed by atoms with E-state index in [4.69, 9.17) is 19.6 Å². The van der Waals surface area contributed by atoms with Crippen molar-refractivity contribution in [2.45, 2.75) is 6.92 Å². The Labute approximate surface area is 202 Å². The number of benzene rings is 2. The standard InChI is InChI=1S/C23H18BrN3O5S/c1-12-11-27-20(25)15(21(28)26-23(27)33-12)8-13-4-6-17(16(24)9-13)32-22(29)14-5-7-18(30-2)19(10-14)31-3/h4-11,25H,1-3H3/b15-8-,25-20?. The molecule has 0 saturated heterocycles. The molecular weight excluding hydrogens is 510 g/mol. The van der Waals surface area contributed by atoms with Gasteiger partial charge in [-0.05, 0) is 64.8 Å². The number of thioether (sulfide) groups is 1. The maximum absolute atomic E-state index is 12.6. The Kier molecular flexibility index (Phi) is 6.39. The maximum atomic E-state index is 12.6. The van der Waals surface area contributed by atoms with Gasteiger partial charge in [0.1, 0.15) is 11.6 Å². The summed E-state index contributed by atoms with van der Waals surface area (Å²) in [5, 5.41) is 8.87. The molecule has 2 aliphatic rings. The summed E-state index contributed by atoms with van der Waals surface area (Å²) in [5.74, 6) is 0.251. The summed E-state index contributed by atoms with van der Waals surface area (Å²) < 4.78 is 16.4. The van der Waals surface area contributed by atoms with E-state index in [1.54, 1.807) is 47.5 Å². The zero-order chi connectivity index (χ0) is 23.7. The average Bonchev–Trinajstić information content (AvgIpc) is 3.17. The minimum Gasteiger partial charge on any atom is -0.493 e. The van der Waals surface area contributed by atoms with Gasteiger partial charge < -0.3 is 14.2 Å². The van der Waals surface area contributed by atoms with Crippen LogP contribution in [0.1, 0.15) is 22.8 Å². The molecule has 0 spiro atoms. The second-order valence-electron chi connectivity index (χ2n) is 6.97. The van der Waals surface area contributed by atoms with E-state index in [0.717, 1.165) is 4.91 Å². The minimum absolute atomic E-state index is 0.0643. The second-order valence-corrected chi connectivity index (χ2v) is 9.03. The predicted molar refractivity (Wildman–Crippen MR) is 130 cm³/mol. The van der Waals surface area contributed by atoms with E-state index in [1.807, 2.05) is 6.92 Å². The number of hydrogen-bond acceptors (Lipinski definition) is 7. The predicted octanol–water partition coefficient (Wildman–Crippen LogP) is 4.85. The molecule has 2 aliphatic heterocycles. The maximum Gasteiger partial charge on any atom is 0.343 e. The summed E-state index contributed by atoms with van der Waals surface area (Å²) in [6, 6.07) is 9.74. The van der Waals surface area contributed by atoms with Crippen LogP contribution < -0.4 is 14.2 Å². The molecule has 0 saturated carbocycles. The van der Waals surface area contributed by atoms with Crippen molar-refractivity contribution in [3.05, 3.63) is 68.7 Å². The number of rotatable bonds is 5. The van der Waals surface area contributed by atoms with E-state index < -0.39 is 11.9 Å². The Hall–Kier alpha value is -3.37. The highest BCUT2D eigenvalue weighted by molar-refractivity contribution is 9.10. The van der Waals surface area contributed by atoms with Gasteiger partial charge in [-0.2, -0.15) is 4.99 Å². The number of ether oxygens (including phenoxy) is 3. The summed E-state index contributed by atoms with van der Waals surface area (Å²) in [6.45, 7) is 1.89. The van der Waals surface area contributed by atoms with Crippen LogP contribution >= 0.6 is 27.7 Å². The van der Waals surface area contributed by atoms with Crippen LogP contribution in [0.3, 0.4) is 0 Å². The van der Waals surface area contributed by atoms with Gasteiger partial charge in [0, 0.05) is 11.1 Å². The summed E-state index contributed by atoms with van der Waals surface area (Å²) in [4.78, 5) is 31.7. The van der Waals surface area contributed by atoms with Crippen LogP contribution in [0, 0.1) is 5.41 Å². The molecule has 33 heavy (non-hydrogen) atoms. The number of aliphatic imine (C=N–C) groups is 1. The third-order valence-electron chi connectivity index (χ3n) is 4.78. The first kappa shape index (κ1) is 22.8. The van der Waals surface area contributed by atoms with Crippen LogP contribution in [-0.4, -0.2) is 42.0 Å². The number of carbonyl (C=O) groups is 2. The van der Waals surface area contributed by atoms with E-state index in [2.05, 4.69) is 20.9 Å². The Bertz CT molecular complexity index is 1280. The van der Waals surface area contributed by atoms with Gasteiger partial charge >= 0.3 is 5.97 Å². The lowest BCUT2D eigenvalue weighted by Crippen LogP contribution is -2.35. The van der Waals surface area contributed by atoms with Gasteiger partial charge in [-0.15, -0.1) is 0 Å². The normalized spacial score (nSPS) is 16.4. The van der Waals surface area contributed by atoms with Gasteiger partial charge in [0.25, 0.3) is 5.91 Å². The summed E-state index contributed by atoms with van der Waals surface area (Å²) >= 11 is 4.76. The van der Waals surface area contributed by atoms with Gasteiger partial charge in [0.15, 0.2) is 16.7 Å². The van der Waals surface area contributed by atoms with Crippen molar-refractivity contribution in [3.8, 4) is 17.2 Å². The van der Waals surface area contributed by atoms with Crippen molar-refractivity contribution in [2.24, 2.45) is 4.99 Å². The Morgan fingerprint density at radius 3 is 2.55 bits per heavy atom. The molecule has 0 fully saturated rings. The van der Waals surface area contributed by atoms with Crippen molar-refractivity contribution in [1.82, 2.24) is 4.90 Å². The molecule has 0 bridgehead atoms. The molecule has 2 aromatic rings. The van der Waals surface area contributed by atoms with Gasteiger partial charge in [0.2, 0.25) is 0 Å². The molecule has 0 aliphatic carbocycles. The van der Waals surface area contributed by atoms with Gasteiger partial charge in [-0.3, -0.25) is 15.1 Å². The molecule has 2 aromatic carbocycles. The quantitative estimate of drug-likeness (QED) is 0.336. The molecule has 0 unspecified atom stereocenters. The number of carbonyl (C=O) groups excluding carboxylic acids is 2. The largest absolute Gasteiger partial charge is 0.493 e. The fourth-order valence-electron chi connectivity index (χ4n) is 3.18. The molecule has 1 amide bonds. The van der Waals surface area contributed by atoms with Gasteiger partial charge in [-0.25, -0.2) is 4.79 Å². The smallest absolute Gasteiger partial charge is 0.343 e. The number of amides is 1. The van der Waals surface area contributed by atoms with Crippen molar-refractivity contribution >= 4 is 56.6 Å².